The topological polar surface area (TPSA) is 62.9 Å². The van der Waals surface area contributed by atoms with Gasteiger partial charge in [-0.25, -0.2) is 4.79 Å². The first-order chi connectivity index (χ1) is 9.24. The van der Waals surface area contributed by atoms with Crippen molar-refractivity contribution in [2.75, 3.05) is 32.2 Å². The predicted octanol–water partition coefficient (Wildman–Crippen LogP) is 1.30. The summed E-state index contributed by atoms with van der Waals surface area (Å²) in [6.45, 7) is 3.78. The van der Waals surface area contributed by atoms with Gasteiger partial charge in [-0.2, -0.15) is 0 Å². The third kappa shape index (κ3) is 3.61. The van der Waals surface area contributed by atoms with Crippen molar-refractivity contribution >= 4 is 17.5 Å². The van der Waals surface area contributed by atoms with Crippen LogP contribution in [0.1, 0.15) is 6.92 Å². The van der Waals surface area contributed by atoms with Gasteiger partial charge in [-0.1, -0.05) is 0 Å². The summed E-state index contributed by atoms with van der Waals surface area (Å²) in [5.74, 6) is 0.685. The maximum absolute atomic E-state index is 11.7. The zero-order chi connectivity index (χ0) is 13.7. The molecule has 0 bridgehead atoms. The second-order valence-corrected chi connectivity index (χ2v) is 3.98. The summed E-state index contributed by atoms with van der Waals surface area (Å²) in [5.41, 5.74) is 3.63. The van der Waals surface area contributed by atoms with Crippen LogP contribution in [0.15, 0.2) is 29.4 Å². The molecule has 0 atom stereocenters. The molecule has 0 aliphatic carbocycles. The van der Waals surface area contributed by atoms with Crippen LogP contribution in [-0.2, 0) is 9.53 Å². The van der Waals surface area contributed by atoms with Crippen LogP contribution in [0, 0.1) is 0 Å². The maximum Gasteiger partial charge on any atom is 0.375 e. The van der Waals surface area contributed by atoms with Crippen molar-refractivity contribution in [3.05, 3.63) is 24.3 Å². The average Bonchev–Trinajstić information content (AvgIpc) is 3.25. The van der Waals surface area contributed by atoms with E-state index in [-0.39, 0.29) is 0 Å². The highest BCUT2D eigenvalue weighted by Gasteiger charge is 2.29. The van der Waals surface area contributed by atoms with Gasteiger partial charge < -0.3 is 14.4 Å². The number of nitrogens with one attached hydrogen (secondary N) is 1. The van der Waals surface area contributed by atoms with E-state index in [1.807, 2.05) is 29.2 Å². The maximum atomic E-state index is 11.7. The van der Waals surface area contributed by atoms with Gasteiger partial charge in [0.2, 0.25) is 5.84 Å². The molecule has 1 heterocycles. The molecule has 0 amide bonds. The summed E-state index contributed by atoms with van der Waals surface area (Å²) in [6, 6.07) is 7.29. The highest BCUT2D eigenvalue weighted by molar-refractivity contribution is 6.35. The molecule has 1 aliphatic rings. The predicted molar refractivity (Wildman–Crippen MR) is 72.3 cm³/mol. The molecule has 1 aromatic carbocycles. The van der Waals surface area contributed by atoms with Crippen LogP contribution in [0.4, 0.5) is 5.69 Å². The van der Waals surface area contributed by atoms with E-state index in [4.69, 9.17) is 9.47 Å². The smallest absolute Gasteiger partial charge is 0.375 e. The Balaban J connectivity index is 2.02. The molecule has 1 aliphatic heterocycles. The number of methoxy groups -OCH3 is 1. The fourth-order valence-electron chi connectivity index (χ4n) is 1.49. The van der Waals surface area contributed by atoms with Crippen LogP contribution in [0.5, 0.6) is 5.75 Å². The summed E-state index contributed by atoms with van der Waals surface area (Å²) >= 11 is 0. The Morgan fingerprint density at radius 1 is 1.37 bits per heavy atom. The van der Waals surface area contributed by atoms with Crippen LogP contribution in [-0.4, -0.2) is 43.5 Å². The Kier molecular flexibility index (Phi) is 4.22. The lowest BCUT2D eigenvalue weighted by Crippen LogP contribution is -2.26. The second kappa shape index (κ2) is 6.08. The zero-order valence-electron chi connectivity index (χ0n) is 11.0. The van der Waals surface area contributed by atoms with Gasteiger partial charge in [0.15, 0.2) is 0 Å². The lowest BCUT2D eigenvalue weighted by Gasteiger charge is -2.08. The van der Waals surface area contributed by atoms with Crippen molar-refractivity contribution in [2.45, 2.75) is 6.92 Å². The van der Waals surface area contributed by atoms with Gasteiger partial charge in [0.05, 0.1) is 19.4 Å². The standard InChI is InChI=1S/C13H17N3O3/c1-3-19-13(17)12(16-8-9-16)15-14-10-4-6-11(18-2)7-5-10/h4-7,14H,3,8-9H2,1-2H3/b15-12-. The molecule has 0 aromatic heterocycles. The number of amidine groups is 1. The number of hydrazone groups is 1. The summed E-state index contributed by atoms with van der Waals surface area (Å²) in [6.07, 6.45) is 0. The first-order valence-corrected chi connectivity index (χ1v) is 6.14. The average molecular weight is 263 g/mol. The van der Waals surface area contributed by atoms with Gasteiger partial charge in [-0.05, 0) is 31.2 Å². The van der Waals surface area contributed by atoms with Crippen molar-refractivity contribution in [1.82, 2.24) is 4.90 Å². The minimum atomic E-state index is -0.402. The van der Waals surface area contributed by atoms with E-state index in [9.17, 15) is 4.79 Å². The fraction of sp³-hybridized carbons (Fsp3) is 0.385. The normalized spacial score (nSPS) is 14.0. The Morgan fingerprint density at radius 2 is 2.05 bits per heavy atom. The van der Waals surface area contributed by atoms with Crippen molar-refractivity contribution in [3.63, 3.8) is 0 Å². The number of anilines is 1. The van der Waals surface area contributed by atoms with Crippen molar-refractivity contribution in [3.8, 4) is 5.75 Å². The van der Waals surface area contributed by atoms with Crippen molar-refractivity contribution in [1.29, 1.82) is 0 Å². The van der Waals surface area contributed by atoms with E-state index in [1.165, 1.54) is 0 Å². The molecule has 0 radical (unpaired) electrons. The van der Waals surface area contributed by atoms with E-state index in [0.29, 0.717) is 12.4 Å². The van der Waals surface area contributed by atoms with Crippen LogP contribution < -0.4 is 10.2 Å². The number of nitrogens with zero attached hydrogens (tertiary/aromatic N) is 2. The summed E-state index contributed by atoms with van der Waals surface area (Å²) < 4.78 is 10.0. The molecular formula is C13H17N3O3. The van der Waals surface area contributed by atoms with E-state index < -0.39 is 5.97 Å². The third-order valence-electron chi connectivity index (χ3n) is 2.59. The number of esters is 1. The third-order valence-corrected chi connectivity index (χ3v) is 2.59. The molecular weight excluding hydrogens is 246 g/mol. The minimum Gasteiger partial charge on any atom is -0.497 e. The highest BCUT2D eigenvalue weighted by atomic mass is 16.5. The number of carbonyl (C=O) groups excluding carboxylic acids is 1. The SMILES string of the molecule is CCOC(=O)/C(=N/Nc1ccc(OC)cc1)N1CC1. The molecule has 0 saturated carbocycles. The van der Waals surface area contributed by atoms with E-state index in [2.05, 4.69) is 10.5 Å². The van der Waals surface area contributed by atoms with Crippen molar-refractivity contribution in [2.24, 2.45) is 5.10 Å². The van der Waals surface area contributed by atoms with Crippen LogP contribution in [0.25, 0.3) is 0 Å². The first kappa shape index (κ1) is 13.2. The summed E-state index contributed by atoms with van der Waals surface area (Å²) in [4.78, 5) is 13.5. The number of rotatable bonds is 4. The molecule has 2 rings (SSSR count). The van der Waals surface area contributed by atoms with Gasteiger partial charge in [0.1, 0.15) is 5.75 Å². The van der Waals surface area contributed by atoms with Gasteiger partial charge in [-0.3, -0.25) is 5.43 Å². The number of carbonyl (C=O) groups is 1. The Bertz CT molecular complexity index is 467. The number of benzene rings is 1. The molecule has 19 heavy (non-hydrogen) atoms. The molecule has 6 heteroatoms. The van der Waals surface area contributed by atoms with Crippen LogP contribution in [0.3, 0.4) is 0 Å². The number of hydrogen-bond donors (Lipinski definition) is 1. The minimum absolute atomic E-state index is 0.317. The lowest BCUT2D eigenvalue weighted by atomic mass is 10.3. The molecule has 6 nitrogen and oxygen atoms in total. The molecule has 1 saturated heterocycles. The van der Waals surface area contributed by atoms with Gasteiger partial charge in [0.25, 0.3) is 0 Å². The zero-order valence-corrected chi connectivity index (χ0v) is 11.0. The largest absolute Gasteiger partial charge is 0.497 e. The lowest BCUT2D eigenvalue weighted by molar-refractivity contribution is -0.135. The summed E-state index contributed by atoms with van der Waals surface area (Å²) in [7, 11) is 1.61. The summed E-state index contributed by atoms with van der Waals surface area (Å²) in [5, 5.41) is 4.11. The van der Waals surface area contributed by atoms with Gasteiger partial charge >= 0.3 is 5.97 Å². The highest BCUT2D eigenvalue weighted by Crippen LogP contribution is 2.15. The van der Waals surface area contributed by atoms with E-state index in [1.54, 1.807) is 14.0 Å². The number of ether oxygens (including phenoxy) is 2. The molecule has 1 N–H and O–H groups in total. The van der Waals surface area contributed by atoms with E-state index >= 15 is 0 Å². The number of hydrogen-bond acceptors (Lipinski definition) is 5. The molecule has 102 valence electrons. The Labute approximate surface area is 112 Å². The molecule has 0 unspecified atom stereocenters. The Hall–Kier alpha value is -2.24. The van der Waals surface area contributed by atoms with Gasteiger partial charge in [-0.15, -0.1) is 5.10 Å². The van der Waals surface area contributed by atoms with Gasteiger partial charge in [0, 0.05) is 13.1 Å². The molecule has 1 fully saturated rings. The monoisotopic (exact) mass is 263 g/mol. The van der Waals surface area contributed by atoms with E-state index in [0.717, 1.165) is 24.5 Å². The Morgan fingerprint density at radius 3 is 2.58 bits per heavy atom. The second-order valence-electron chi connectivity index (χ2n) is 3.98. The van der Waals surface area contributed by atoms with Crippen LogP contribution in [0.2, 0.25) is 0 Å². The van der Waals surface area contributed by atoms with Crippen LogP contribution >= 0.6 is 0 Å². The molecule has 0 spiro atoms. The quantitative estimate of drug-likeness (QED) is 0.292. The fourth-order valence-corrected chi connectivity index (χ4v) is 1.49. The first-order valence-electron chi connectivity index (χ1n) is 6.14. The van der Waals surface area contributed by atoms with Crippen molar-refractivity contribution < 1.29 is 14.3 Å². The molecule has 1 aromatic rings.